The zero-order chi connectivity index (χ0) is 20.3. The first-order chi connectivity index (χ1) is 13.5. The van der Waals surface area contributed by atoms with Gasteiger partial charge in [-0.15, -0.1) is 0 Å². The van der Waals surface area contributed by atoms with Gasteiger partial charge >= 0.3 is 5.97 Å². The fourth-order valence-electron chi connectivity index (χ4n) is 3.93. The molecule has 0 bridgehead atoms. The molecule has 2 unspecified atom stereocenters. The number of ether oxygens (including phenoxy) is 3. The van der Waals surface area contributed by atoms with E-state index in [2.05, 4.69) is 0 Å². The Labute approximate surface area is 163 Å². The van der Waals surface area contributed by atoms with Crippen LogP contribution in [0.1, 0.15) is 30.0 Å². The zero-order valence-electron chi connectivity index (χ0n) is 16.1. The lowest BCUT2D eigenvalue weighted by Gasteiger charge is -2.34. The molecule has 150 valence electrons. The van der Waals surface area contributed by atoms with Crippen LogP contribution in [-0.4, -0.2) is 49.9 Å². The summed E-state index contributed by atoms with van der Waals surface area (Å²) in [6.45, 7) is 0.544. The van der Waals surface area contributed by atoms with E-state index in [-0.39, 0.29) is 0 Å². The maximum atomic E-state index is 14.2. The van der Waals surface area contributed by atoms with Crippen molar-refractivity contribution in [2.24, 2.45) is 0 Å². The molecule has 0 radical (unpaired) electrons. The van der Waals surface area contributed by atoms with Gasteiger partial charge < -0.3 is 19.3 Å². The maximum Gasteiger partial charge on any atom is 0.320 e. The van der Waals surface area contributed by atoms with Crippen molar-refractivity contribution in [1.29, 1.82) is 0 Å². The quantitative estimate of drug-likeness (QED) is 0.782. The largest absolute Gasteiger partial charge is 0.496 e. The Kier molecular flexibility index (Phi) is 6.04. The molecule has 1 aliphatic heterocycles. The van der Waals surface area contributed by atoms with Gasteiger partial charge in [0.25, 0.3) is 0 Å². The summed E-state index contributed by atoms with van der Waals surface area (Å²) in [6.07, 6.45) is 1.24. The number of carboxylic acids is 1. The number of likely N-dealkylation sites (tertiary alicyclic amines) is 1. The Morgan fingerprint density at radius 2 is 1.75 bits per heavy atom. The van der Waals surface area contributed by atoms with Gasteiger partial charge in [-0.25, -0.2) is 4.39 Å². The van der Waals surface area contributed by atoms with Gasteiger partial charge in [0.2, 0.25) is 0 Å². The van der Waals surface area contributed by atoms with Gasteiger partial charge in [0.15, 0.2) is 0 Å². The van der Waals surface area contributed by atoms with Crippen LogP contribution in [0.5, 0.6) is 17.2 Å². The van der Waals surface area contributed by atoms with E-state index in [1.807, 2.05) is 4.90 Å². The van der Waals surface area contributed by atoms with Crippen LogP contribution >= 0.6 is 0 Å². The van der Waals surface area contributed by atoms with Gasteiger partial charge in [0.1, 0.15) is 29.1 Å². The van der Waals surface area contributed by atoms with Crippen LogP contribution in [0, 0.1) is 5.82 Å². The molecule has 2 aromatic rings. The molecule has 7 heteroatoms. The molecule has 1 saturated heterocycles. The van der Waals surface area contributed by atoms with E-state index in [1.54, 1.807) is 24.3 Å². The van der Waals surface area contributed by atoms with Gasteiger partial charge in [-0.3, -0.25) is 9.69 Å². The van der Waals surface area contributed by atoms with E-state index in [1.165, 1.54) is 33.5 Å². The van der Waals surface area contributed by atoms with Crippen molar-refractivity contribution in [2.45, 2.75) is 24.9 Å². The van der Waals surface area contributed by atoms with Crippen molar-refractivity contribution in [3.05, 3.63) is 53.3 Å². The summed E-state index contributed by atoms with van der Waals surface area (Å²) in [4.78, 5) is 13.7. The molecule has 3 rings (SSSR count). The Hall–Kier alpha value is -2.80. The summed E-state index contributed by atoms with van der Waals surface area (Å²) in [5.41, 5.74) is 1.17. The Morgan fingerprint density at radius 3 is 2.32 bits per heavy atom. The lowest BCUT2D eigenvalue weighted by Crippen LogP contribution is -2.39. The minimum Gasteiger partial charge on any atom is -0.496 e. The van der Waals surface area contributed by atoms with Crippen LogP contribution in [-0.2, 0) is 4.79 Å². The molecule has 6 nitrogen and oxygen atoms in total. The van der Waals surface area contributed by atoms with Crippen molar-refractivity contribution in [3.63, 3.8) is 0 Å². The molecule has 0 saturated carbocycles. The van der Waals surface area contributed by atoms with E-state index >= 15 is 0 Å². The van der Waals surface area contributed by atoms with Crippen LogP contribution in [0.15, 0.2) is 36.4 Å². The number of benzene rings is 2. The Bertz CT molecular complexity index is 834. The highest BCUT2D eigenvalue weighted by atomic mass is 19.1. The molecule has 1 fully saturated rings. The molecule has 0 spiro atoms. The van der Waals surface area contributed by atoms with Gasteiger partial charge in [-0.2, -0.15) is 0 Å². The predicted molar refractivity (Wildman–Crippen MR) is 102 cm³/mol. The standard InChI is InChI=1S/C21H24FNO5/c1-26-16-10-9-13(22)12-14(16)20(23-11-5-6-15(23)21(24)25)19-17(27-2)7-4-8-18(19)28-3/h4,7-10,12,15,20H,5-6,11H2,1-3H3,(H,24,25). The second-order valence-corrected chi connectivity index (χ2v) is 6.60. The van der Waals surface area contributed by atoms with Crippen LogP contribution in [0.25, 0.3) is 0 Å². The summed E-state index contributed by atoms with van der Waals surface area (Å²) >= 11 is 0. The normalized spacial score (nSPS) is 17.9. The summed E-state index contributed by atoms with van der Waals surface area (Å²) in [5.74, 6) is 0.196. The highest BCUT2D eigenvalue weighted by Crippen LogP contribution is 2.46. The highest BCUT2D eigenvalue weighted by molar-refractivity contribution is 5.74. The molecule has 28 heavy (non-hydrogen) atoms. The van der Waals surface area contributed by atoms with Crippen molar-refractivity contribution in [2.75, 3.05) is 27.9 Å². The molecule has 0 aliphatic carbocycles. The summed E-state index contributed by atoms with van der Waals surface area (Å²) in [7, 11) is 4.58. The first-order valence-electron chi connectivity index (χ1n) is 9.04. The molecular weight excluding hydrogens is 365 g/mol. The van der Waals surface area contributed by atoms with Gasteiger partial charge in [0, 0.05) is 12.1 Å². The number of carboxylic acid groups (broad SMARTS) is 1. The number of carbonyl (C=O) groups is 1. The van der Waals surface area contributed by atoms with E-state index in [0.717, 1.165) is 6.42 Å². The minimum atomic E-state index is -0.910. The first-order valence-corrected chi connectivity index (χ1v) is 9.04. The van der Waals surface area contributed by atoms with Crippen molar-refractivity contribution in [1.82, 2.24) is 4.90 Å². The molecule has 2 aromatic carbocycles. The number of hydrogen-bond donors (Lipinski definition) is 1. The van der Waals surface area contributed by atoms with E-state index in [0.29, 0.717) is 41.3 Å². The van der Waals surface area contributed by atoms with E-state index in [4.69, 9.17) is 14.2 Å². The first kappa shape index (κ1) is 19.9. The third-order valence-corrected chi connectivity index (χ3v) is 5.14. The average Bonchev–Trinajstić information content (AvgIpc) is 3.18. The van der Waals surface area contributed by atoms with Gasteiger partial charge in [-0.05, 0) is 43.2 Å². The van der Waals surface area contributed by atoms with Crippen LogP contribution in [0.2, 0.25) is 0 Å². The highest BCUT2D eigenvalue weighted by Gasteiger charge is 2.40. The zero-order valence-corrected chi connectivity index (χ0v) is 16.1. The second kappa shape index (κ2) is 8.48. The molecule has 1 heterocycles. The Balaban J connectivity index is 2.28. The molecule has 0 amide bonds. The van der Waals surface area contributed by atoms with E-state index in [9.17, 15) is 14.3 Å². The number of halogens is 1. The van der Waals surface area contributed by atoms with Gasteiger partial charge in [-0.1, -0.05) is 6.07 Å². The number of aliphatic carboxylic acids is 1. The van der Waals surface area contributed by atoms with Gasteiger partial charge in [0.05, 0.1) is 32.9 Å². The fraction of sp³-hybridized carbons (Fsp3) is 0.381. The lowest BCUT2D eigenvalue weighted by molar-refractivity contribution is -0.142. The summed E-state index contributed by atoms with van der Waals surface area (Å²) < 4.78 is 30.8. The fourth-order valence-corrected chi connectivity index (χ4v) is 3.93. The minimum absolute atomic E-state index is 0.430. The molecular formula is C21H24FNO5. The summed E-state index contributed by atoms with van der Waals surface area (Å²) in [6, 6.07) is 8.29. The third-order valence-electron chi connectivity index (χ3n) is 5.14. The van der Waals surface area contributed by atoms with Crippen LogP contribution < -0.4 is 14.2 Å². The number of hydrogen-bond acceptors (Lipinski definition) is 5. The molecule has 1 aliphatic rings. The monoisotopic (exact) mass is 389 g/mol. The Morgan fingerprint density at radius 1 is 1.11 bits per heavy atom. The van der Waals surface area contributed by atoms with Crippen LogP contribution in [0.4, 0.5) is 4.39 Å². The SMILES string of the molecule is COc1ccc(F)cc1C(c1c(OC)cccc1OC)N1CCCC1C(=O)O. The smallest absolute Gasteiger partial charge is 0.320 e. The summed E-state index contributed by atoms with van der Waals surface area (Å²) in [5, 5.41) is 9.75. The average molecular weight is 389 g/mol. The van der Waals surface area contributed by atoms with Crippen molar-refractivity contribution < 1.29 is 28.5 Å². The number of nitrogens with zero attached hydrogens (tertiary/aromatic N) is 1. The predicted octanol–water partition coefficient (Wildman–Crippen LogP) is 3.49. The van der Waals surface area contributed by atoms with E-state index < -0.39 is 23.9 Å². The molecule has 0 aromatic heterocycles. The number of methoxy groups -OCH3 is 3. The van der Waals surface area contributed by atoms with Crippen molar-refractivity contribution in [3.8, 4) is 17.2 Å². The lowest BCUT2D eigenvalue weighted by atomic mass is 9.93. The second-order valence-electron chi connectivity index (χ2n) is 6.60. The maximum absolute atomic E-state index is 14.2. The third kappa shape index (κ3) is 3.62. The number of rotatable bonds is 7. The van der Waals surface area contributed by atoms with Crippen molar-refractivity contribution >= 4 is 5.97 Å². The molecule has 2 atom stereocenters. The van der Waals surface area contributed by atoms with Crippen LogP contribution in [0.3, 0.4) is 0 Å². The topological polar surface area (TPSA) is 68.2 Å². The molecule has 1 N–H and O–H groups in total.